The maximum Gasteiger partial charge on any atom is 0.0529 e. The highest BCUT2D eigenvalue weighted by molar-refractivity contribution is 5.42. The second kappa shape index (κ2) is 5.00. The molecule has 0 saturated heterocycles. The van der Waals surface area contributed by atoms with Gasteiger partial charge in [-0.3, -0.25) is 4.98 Å². The van der Waals surface area contributed by atoms with E-state index >= 15 is 0 Å². The fraction of sp³-hybridized carbons (Fsp3) is 0.267. The van der Waals surface area contributed by atoms with Gasteiger partial charge in [-0.2, -0.15) is 0 Å². The first-order valence-corrected chi connectivity index (χ1v) is 5.87. The quantitative estimate of drug-likeness (QED) is 0.864. The van der Waals surface area contributed by atoms with Gasteiger partial charge in [-0.05, 0) is 38.5 Å². The third-order valence-electron chi connectivity index (χ3n) is 2.69. The summed E-state index contributed by atoms with van der Waals surface area (Å²) in [4.78, 5) is 4.26. The van der Waals surface area contributed by atoms with Crippen LogP contribution in [-0.4, -0.2) is 4.98 Å². The Hall–Kier alpha value is -1.83. The van der Waals surface area contributed by atoms with Gasteiger partial charge in [-0.1, -0.05) is 29.3 Å². The van der Waals surface area contributed by atoms with Gasteiger partial charge in [-0.25, -0.2) is 0 Å². The number of anilines is 1. The Balaban J connectivity index is 2.04. The number of rotatable bonds is 3. The number of hydrogen-bond acceptors (Lipinski definition) is 2. The second-order valence-corrected chi connectivity index (χ2v) is 4.54. The summed E-state index contributed by atoms with van der Waals surface area (Å²) in [6, 6.07) is 10.7. The van der Waals surface area contributed by atoms with Gasteiger partial charge in [0.25, 0.3) is 0 Å². The van der Waals surface area contributed by atoms with E-state index < -0.39 is 0 Å². The van der Waals surface area contributed by atoms with E-state index in [0.29, 0.717) is 0 Å². The lowest BCUT2D eigenvalue weighted by Crippen LogP contribution is -2.00. The standard InChI is InChI=1S/C15H18N2/c1-11-6-12(2)8-14(7-11)9-17-15-5-4-13(3)16-10-15/h4-8,10,17H,9H2,1-3H3. The van der Waals surface area contributed by atoms with Crippen molar-refractivity contribution in [2.45, 2.75) is 27.3 Å². The van der Waals surface area contributed by atoms with Gasteiger partial charge in [0.1, 0.15) is 0 Å². The van der Waals surface area contributed by atoms with E-state index in [9.17, 15) is 0 Å². The first-order valence-electron chi connectivity index (χ1n) is 5.87. The average molecular weight is 226 g/mol. The van der Waals surface area contributed by atoms with Crippen LogP contribution < -0.4 is 5.32 Å². The summed E-state index contributed by atoms with van der Waals surface area (Å²) in [5, 5.41) is 3.38. The van der Waals surface area contributed by atoms with Crippen LogP contribution >= 0.6 is 0 Å². The zero-order valence-electron chi connectivity index (χ0n) is 10.6. The molecule has 88 valence electrons. The normalized spacial score (nSPS) is 10.3. The average Bonchev–Trinajstić information content (AvgIpc) is 2.27. The van der Waals surface area contributed by atoms with E-state index in [1.165, 1.54) is 16.7 Å². The lowest BCUT2D eigenvalue weighted by atomic mass is 10.1. The maximum absolute atomic E-state index is 4.26. The molecule has 0 amide bonds. The topological polar surface area (TPSA) is 24.9 Å². The predicted octanol–water partition coefficient (Wildman–Crippen LogP) is 3.62. The molecule has 2 aromatic rings. The molecule has 1 aromatic heterocycles. The molecule has 0 aliphatic carbocycles. The minimum atomic E-state index is 0.841. The molecular weight excluding hydrogens is 208 g/mol. The fourth-order valence-corrected chi connectivity index (χ4v) is 1.95. The molecule has 2 rings (SSSR count). The Morgan fingerprint density at radius 2 is 1.71 bits per heavy atom. The molecule has 2 nitrogen and oxygen atoms in total. The molecule has 0 saturated carbocycles. The number of nitrogens with zero attached hydrogens (tertiary/aromatic N) is 1. The van der Waals surface area contributed by atoms with E-state index in [-0.39, 0.29) is 0 Å². The Kier molecular flexibility index (Phi) is 3.43. The van der Waals surface area contributed by atoms with Crippen molar-refractivity contribution >= 4 is 5.69 Å². The van der Waals surface area contributed by atoms with Crippen molar-refractivity contribution < 1.29 is 0 Å². The van der Waals surface area contributed by atoms with Crippen molar-refractivity contribution in [3.63, 3.8) is 0 Å². The number of hydrogen-bond donors (Lipinski definition) is 1. The predicted molar refractivity (Wildman–Crippen MR) is 72.2 cm³/mol. The number of benzene rings is 1. The molecule has 0 atom stereocenters. The second-order valence-electron chi connectivity index (χ2n) is 4.54. The number of nitrogens with one attached hydrogen (secondary N) is 1. The van der Waals surface area contributed by atoms with Crippen molar-refractivity contribution in [3.05, 3.63) is 58.9 Å². The fourth-order valence-electron chi connectivity index (χ4n) is 1.95. The van der Waals surface area contributed by atoms with Gasteiger partial charge < -0.3 is 5.32 Å². The highest BCUT2D eigenvalue weighted by Crippen LogP contribution is 2.12. The van der Waals surface area contributed by atoms with E-state index in [2.05, 4.69) is 48.4 Å². The number of aryl methyl sites for hydroxylation is 3. The first-order chi connectivity index (χ1) is 8.13. The van der Waals surface area contributed by atoms with Gasteiger partial charge in [0.2, 0.25) is 0 Å². The molecule has 0 aliphatic rings. The Morgan fingerprint density at radius 3 is 2.29 bits per heavy atom. The summed E-state index contributed by atoms with van der Waals surface area (Å²) < 4.78 is 0. The van der Waals surface area contributed by atoms with E-state index in [1.807, 2.05) is 19.2 Å². The zero-order valence-corrected chi connectivity index (χ0v) is 10.6. The monoisotopic (exact) mass is 226 g/mol. The van der Waals surface area contributed by atoms with Gasteiger partial charge in [0, 0.05) is 12.2 Å². The Labute approximate surface area is 103 Å². The summed E-state index contributed by atoms with van der Waals surface area (Å²) in [7, 11) is 0. The summed E-state index contributed by atoms with van der Waals surface area (Å²) in [5.41, 5.74) is 6.03. The van der Waals surface area contributed by atoms with Gasteiger partial charge in [0.15, 0.2) is 0 Å². The van der Waals surface area contributed by atoms with Gasteiger partial charge in [0.05, 0.1) is 11.9 Å². The molecule has 17 heavy (non-hydrogen) atoms. The zero-order chi connectivity index (χ0) is 12.3. The van der Waals surface area contributed by atoms with Crippen LogP contribution in [0, 0.1) is 20.8 Å². The summed E-state index contributed by atoms with van der Waals surface area (Å²) in [5.74, 6) is 0. The SMILES string of the molecule is Cc1cc(C)cc(CNc2ccc(C)nc2)c1. The molecule has 0 unspecified atom stereocenters. The molecule has 1 aromatic carbocycles. The lowest BCUT2D eigenvalue weighted by Gasteiger charge is -2.08. The minimum Gasteiger partial charge on any atom is -0.380 e. The number of aromatic nitrogens is 1. The van der Waals surface area contributed by atoms with Crippen LogP contribution in [0.15, 0.2) is 36.5 Å². The number of pyridine rings is 1. The van der Waals surface area contributed by atoms with Crippen molar-refractivity contribution in [1.82, 2.24) is 4.98 Å². The summed E-state index contributed by atoms with van der Waals surface area (Å²) in [6.07, 6.45) is 1.87. The molecule has 1 N–H and O–H groups in total. The highest BCUT2D eigenvalue weighted by atomic mass is 14.9. The van der Waals surface area contributed by atoms with Crippen LogP contribution in [0.5, 0.6) is 0 Å². The minimum absolute atomic E-state index is 0.841. The van der Waals surface area contributed by atoms with E-state index in [0.717, 1.165) is 17.9 Å². The third kappa shape index (κ3) is 3.31. The van der Waals surface area contributed by atoms with Crippen LogP contribution in [0.3, 0.4) is 0 Å². The maximum atomic E-state index is 4.26. The largest absolute Gasteiger partial charge is 0.380 e. The van der Waals surface area contributed by atoms with Gasteiger partial charge in [-0.15, -0.1) is 0 Å². The van der Waals surface area contributed by atoms with Crippen LogP contribution in [0.1, 0.15) is 22.4 Å². The molecule has 0 bridgehead atoms. The molecule has 0 aliphatic heterocycles. The smallest absolute Gasteiger partial charge is 0.0529 e. The first kappa shape index (κ1) is 11.6. The molecule has 0 fully saturated rings. The van der Waals surface area contributed by atoms with Crippen LogP contribution in [0.2, 0.25) is 0 Å². The van der Waals surface area contributed by atoms with Crippen molar-refractivity contribution in [2.24, 2.45) is 0 Å². The molecule has 0 radical (unpaired) electrons. The van der Waals surface area contributed by atoms with Crippen molar-refractivity contribution in [2.75, 3.05) is 5.32 Å². The molecular formula is C15H18N2. The van der Waals surface area contributed by atoms with E-state index in [4.69, 9.17) is 0 Å². The van der Waals surface area contributed by atoms with Crippen LogP contribution in [0.25, 0.3) is 0 Å². The van der Waals surface area contributed by atoms with Crippen molar-refractivity contribution in [3.8, 4) is 0 Å². The van der Waals surface area contributed by atoms with E-state index in [1.54, 1.807) is 0 Å². The molecule has 2 heteroatoms. The van der Waals surface area contributed by atoms with Crippen molar-refractivity contribution in [1.29, 1.82) is 0 Å². The van der Waals surface area contributed by atoms with Gasteiger partial charge >= 0.3 is 0 Å². The third-order valence-corrected chi connectivity index (χ3v) is 2.69. The highest BCUT2D eigenvalue weighted by Gasteiger charge is 1.97. The van der Waals surface area contributed by atoms with Crippen LogP contribution in [-0.2, 0) is 6.54 Å². The molecule has 1 heterocycles. The summed E-state index contributed by atoms with van der Waals surface area (Å²) >= 11 is 0. The Bertz CT molecular complexity index is 481. The lowest BCUT2D eigenvalue weighted by molar-refractivity contribution is 1.11. The van der Waals surface area contributed by atoms with Crippen LogP contribution in [0.4, 0.5) is 5.69 Å². The Morgan fingerprint density at radius 1 is 1.00 bits per heavy atom. The molecule has 0 spiro atoms. The summed E-state index contributed by atoms with van der Waals surface area (Å²) in [6.45, 7) is 7.09.